The molecular weight excluding hydrogens is 295 g/mol. The zero-order valence-corrected chi connectivity index (χ0v) is 14.2. The van der Waals surface area contributed by atoms with Crippen molar-refractivity contribution >= 4 is 11.9 Å². The molecule has 0 aliphatic carbocycles. The maximum absolute atomic E-state index is 2.41. The second-order valence-corrected chi connectivity index (χ2v) is 13.2. The molecule has 0 amide bonds. The topological polar surface area (TPSA) is 0 Å². The van der Waals surface area contributed by atoms with E-state index in [0.29, 0.717) is 0 Å². The zero-order chi connectivity index (χ0) is 15.4. The third-order valence-corrected chi connectivity index (χ3v) is 12.5. The van der Waals surface area contributed by atoms with Crippen LogP contribution < -0.4 is 5.30 Å². The van der Waals surface area contributed by atoms with Crippen molar-refractivity contribution in [1.29, 1.82) is 0 Å². The van der Waals surface area contributed by atoms with Crippen molar-refractivity contribution in [3.8, 4) is 0 Å². The fraction of sp³-hybridized carbons (Fsp3) is 0.182. The van der Waals surface area contributed by atoms with Gasteiger partial charge in [-0.3, -0.25) is 0 Å². The van der Waals surface area contributed by atoms with Gasteiger partial charge < -0.3 is 0 Å². The Kier molecular flexibility index (Phi) is 2.68. The molecule has 0 atom stereocenters. The summed E-state index contributed by atoms with van der Waals surface area (Å²) in [6.45, 7) is -2.00. The van der Waals surface area contributed by atoms with Crippen LogP contribution in [0.5, 0.6) is 0 Å². The molecule has 5 rings (SSSR count). The fourth-order valence-electron chi connectivity index (χ4n) is 5.07. The summed E-state index contributed by atoms with van der Waals surface area (Å²) in [5, 5.41) is 1.64. The van der Waals surface area contributed by atoms with Gasteiger partial charge in [0.1, 0.15) is 0 Å². The second-order valence-electron chi connectivity index (χ2n) is 7.48. The summed E-state index contributed by atoms with van der Waals surface area (Å²) in [5.41, 5.74) is 6.40. The molecule has 0 aromatic heterocycles. The number of fused-ring (bicyclic) bond motifs is 2. The van der Waals surface area contributed by atoms with Crippen LogP contribution in [0, 0.1) is 0 Å². The van der Waals surface area contributed by atoms with Gasteiger partial charge in [0, 0.05) is 0 Å². The van der Waals surface area contributed by atoms with E-state index >= 15 is 0 Å². The Labute approximate surface area is 138 Å². The fourth-order valence-corrected chi connectivity index (χ4v) is 12.3. The van der Waals surface area contributed by atoms with Gasteiger partial charge in [0.05, 0.1) is 0 Å². The SMILES string of the molecule is c1ccc(P23(Cc4ccccc4C2)Cc2ccccc2C3)cc1. The molecule has 0 unspecified atom stereocenters. The van der Waals surface area contributed by atoms with Crippen LogP contribution in [0.4, 0.5) is 0 Å². The molecule has 0 saturated heterocycles. The normalized spacial score (nSPS) is 21.3. The minimum atomic E-state index is -2.00. The van der Waals surface area contributed by atoms with Crippen LogP contribution >= 0.6 is 6.60 Å². The number of hydrogen-bond acceptors (Lipinski definition) is 0. The van der Waals surface area contributed by atoms with E-state index in [9.17, 15) is 0 Å². The summed E-state index contributed by atoms with van der Waals surface area (Å²) in [4.78, 5) is 0. The molecule has 0 bridgehead atoms. The van der Waals surface area contributed by atoms with Gasteiger partial charge in [-0.2, -0.15) is 0 Å². The molecule has 0 radical (unpaired) electrons. The van der Waals surface area contributed by atoms with E-state index < -0.39 is 6.60 Å². The molecule has 1 heteroatoms. The Bertz CT molecular complexity index is 782. The van der Waals surface area contributed by atoms with Gasteiger partial charge >= 0.3 is 138 Å². The predicted octanol–water partition coefficient (Wildman–Crippen LogP) is 5.29. The first-order valence-electron chi connectivity index (χ1n) is 8.47. The van der Waals surface area contributed by atoms with E-state index in [1.165, 1.54) is 24.6 Å². The van der Waals surface area contributed by atoms with Crippen LogP contribution in [0.1, 0.15) is 22.3 Å². The van der Waals surface area contributed by atoms with E-state index in [1.807, 2.05) is 0 Å². The second kappa shape index (κ2) is 4.56. The first-order valence-corrected chi connectivity index (χ1v) is 11.4. The average Bonchev–Trinajstić information content (AvgIpc) is 3.11. The van der Waals surface area contributed by atoms with E-state index in [2.05, 4.69) is 78.9 Å². The number of hydrogen-bond donors (Lipinski definition) is 0. The Morgan fingerprint density at radius 2 is 0.783 bits per heavy atom. The minimum absolute atomic E-state index is 1.29. The summed E-state index contributed by atoms with van der Waals surface area (Å²) in [6.07, 6.45) is 5.17. The molecule has 2 aliphatic rings. The van der Waals surface area contributed by atoms with Crippen molar-refractivity contribution in [2.45, 2.75) is 24.6 Å². The molecule has 0 nitrogen and oxygen atoms in total. The van der Waals surface area contributed by atoms with Crippen molar-refractivity contribution < 1.29 is 0 Å². The summed E-state index contributed by atoms with van der Waals surface area (Å²) in [6, 6.07) is 29.8. The van der Waals surface area contributed by atoms with Gasteiger partial charge in [0.15, 0.2) is 0 Å². The van der Waals surface area contributed by atoms with Crippen LogP contribution in [0.25, 0.3) is 0 Å². The van der Waals surface area contributed by atoms with Crippen LogP contribution in [-0.4, -0.2) is 0 Å². The van der Waals surface area contributed by atoms with Crippen LogP contribution in [0.2, 0.25) is 0 Å². The van der Waals surface area contributed by atoms with Gasteiger partial charge in [-0.15, -0.1) is 0 Å². The van der Waals surface area contributed by atoms with E-state index in [0.717, 1.165) is 0 Å². The van der Waals surface area contributed by atoms with Crippen molar-refractivity contribution in [2.75, 3.05) is 0 Å². The molecule has 1 spiro atoms. The molecule has 3 aromatic rings. The van der Waals surface area contributed by atoms with Gasteiger partial charge in [-0.25, -0.2) is 0 Å². The summed E-state index contributed by atoms with van der Waals surface area (Å²) in [7, 11) is 0. The van der Waals surface area contributed by atoms with Crippen molar-refractivity contribution in [3.05, 3.63) is 101 Å². The Balaban J connectivity index is 1.75. The van der Waals surface area contributed by atoms with Gasteiger partial charge in [0.2, 0.25) is 0 Å². The van der Waals surface area contributed by atoms with Crippen LogP contribution in [0.15, 0.2) is 78.9 Å². The molecule has 2 heterocycles. The molecule has 0 fully saturated rings. The van der Waals surface area contributed by atoms with Crippen LogP contribution in [0.3, 0.4) is 0 Å². The molecule has 114 valence electrons. The average molecular weight is 316 g/mol. The monoisotopic (exact) mass is 316 g/mol. The Morgan fingerprint density at radius 1 is 0.435 bits per heavy atom. The quantitative estimate of drug-likeness (QED) is 0.535. The molecule has 0 saturated carbocycles. The molecule has 2 aliphatic heterocycles. The number of benzene rings is 3. The van der Waals surface area contributed by atoms with E-state index in [1.54, 1.807) is 27.6 Å². The van der Waals surface area contributed by atoms with Crippen LogP contribution in [-0.2, 0) is 24.6 Å². The third-order valence-electron chi connectivity index (χ3n) is 6.06. The molecule has 3 aromatic carbocycles. The third kappa shape index (κ3) is 1.82. The van der Waals surface area contributed by atoms with E-state index in [-0.39, 0.29) is 0 Å². The number of rotatable bonds is 1. The summed E-state index contributed by atoms with van der Waals surface area (Å²) in [5.74, 6) is 0. The first-order chi connectivity index (χ1) is 11.3. The molecule has 0 N–H and O–H groups in total. The van der Waals surface area contributed by atoms with Crippen molar-refractivity contribution in [3.63, 3.8) is 0 Å². The van der Waals surface area contributed by atoms with Gasteiger partial charge in [0.25, 0.3) is 0 Å². The van der Waals surface area contributed by atoms with Gasteiger partial charge in [-0.05, 0) is 0 Å². The Morgan fingerprint density at radius 3 is 1.17 bits per heavy atom. The first kappa shape index (κ1) is 13.5. The summed E-state index contributed by atoms with van der Waals surface area (Å²) < 4.78 is 0. The molecular formula is C22H21P. The van der Waals surface area contributed by atoms with Crippen molar-refractivity contribution in [2.24, 2.45) is 0 Å². The maximum atomic E-state index is 2.41. The Hall–Kier alpha value is -1.91. The standard InChI is InChI=1S/C22H21P/c1-2-12-22(13-3-1)23(14-18-8-4-5-9-19(18)15-23)16-20-10-6-7-11-21(20)17-23/h1-13H,14-17H2. The van der Waals surface area contributed by atoms with Gasteiger partial charge in [-0.1, -0.05) is 0 Å². The predicted molar refractivity (Wildman–Crippen MR) is 101 cm³/mol. The zero-order valence-electron chi connectivity index (χ0n) is 13.3. The molecule has 23 heavy (non-hydrogen) atoms. The van der Waals surface area contributed by atoms with Crippen molar-refractivity contribution in [1.82, 2.24) is 0 Å². The van der Waals surface area contributed by atoms with E-state index in [4.69, 9.17) is 0 Å². The summed E-state index contributed by atoms with van der Waals surface area (Å²) >= 11 is 0.